The molecule has 4 aromatic heterocycles. The Kier molecular flexibility index (Phi) is 9.53. The van der Waals surface area contributed by atoms with E-state index in [1.807, 2.05) is 75.8 Å². The molecule has 5 rings (SSSR count). The summed E-state index contributed by atoms with van der Waals surface area (Å²) in [5.74, 6) is 1.82. The zero-order valence-electron chi connectivity index (χ0n) is 24.2. The molecule has 0 unspecified atom stereocenters. The number of anilines is 2. The summed E-state index contributed by atoms with van der Waals surface area (Å²) in [6.45, 7) is 16.8. The minimum absolute atomic E-state index is 0.517. The maximum atomic E-state index is 6.25. The summed E-state index contributed by atoms with van der Waals surface area (Å²) in [5.41, 5.74) is 8.54. The average molecular weight is 566 g/mol. The van der Waals surface area contributed by atoms with Gasteiger partial charge in [0.2, 0.25) is 0 Å². The summed E-state index contributed by atoms with van der Waals surface area (Å²) in [7, 11) is 1.84. The predicted octanol–water partition coefficient (Wildman–Crippen LogP) is 8.84. The SMILES string of the molecule is C=C(CC(C)C)Nc1cncc(-c2cnc(NC)c(C(=C)c3nc4nccc(-c5cccc(Cl)c5)c4[nH]3)c2)c1.CC. The first-order valence-electron chi connectivity index (χ1n) is 13.7. The Bertz CT molecular complexity index is 1690. The van der Waals surface area contributed by atoms with E-state index in [1.54, 1.807) is 12.4 Å². The number of aromatic nitrogens is 5. The van der Waals surface area contributed by atoms with Gasteiger partial charge in [-0.25, -0.2) is 15.0 Å². The van der Waals surface area contributed by atoms with Crippen LogP contribution >= 0.6 is 11.6 Å². The molecule has 0 spiro atoms. The highest BCUT2D eigenvalue weighted by atomic mass is 35.5. The Morgan fingerprint density at radius 2 is 1.76 bits per heavy atom. The number of hydrogen-bond donors (Lipinski definition) is 3. The van der Waals surface area contributed by atoms with Crippen molar-refractivity contribution < 1.29 is 0 Å². The largest absolute Gasteiger partial charge is 0.373 e. The number of hydrogen-bond acceptors (Lipinski definition) is 6. The number of nitrogens with one attached hydrogen (secondary N) is 3. The summed E-state index contributed by atoms with van der Waals surface area (Å²) in [6.07, 6.45) is 8.07. The van der Waals surface area contributed by atoms with Crippen LogP contribution in [0.3, 0.4) is 0 Å². The lowest BCUT2D eigenvalue weighted by atomic mass is 10.0. The van der Waals surface area contributed by atoms with Gasteiger partial charge in [-0.15, -0.1) is 0 Å². The number of imidazole rings is 1. The van der Waals surface area contributed by atoms with Crippen LogP contribution in [0.25, 0.3) is 39.0 Å². The van der Waals surface area contributed by atoms with Crippen molar-refractivity contribution in [3.05, 3.63) is 103 Å². The van der Waals surface area contributed by atoms with E-state index in [0.717, 1.165) is 51.1 Å². The van der Waals surface area contributed by atoms with Crippen molar-refractivity contribution in [3.8, 4) is 22.3 Å². The molecule has 41 heavy (non-hydrogen) atoms. The van der Waals surface area contributed by atoms with Crippen LogP contribution in [0.15, 0.2) is 86.1 Å². The smallest absolute Gasteiger partial charge is 0.178 e. The number of halogens is 1. The molecule has 4 heterocycles. The van der Waals surface area contributed by atoms with E-state index in [9.17, 15) is 0 Å². The molecule has 8 heteroatoms. The Labute approximate surface area is 246 Å². The minimum atomic E-state index is 0.517. The normalized spacial score (nSPS) is 10.7. The van der Waals surface area contributed by atoms with Crippen LogP contribution in [-0.2, 0) is 0 Å². The quantitative estimate of drug-likeness (QED) is 0.165. The van der Waals surface area contributed by atoms with Crippen LogP contribution in [0.1, 0.15) is 45.5 Å². The third-order valence-corrected chi connectivity index (χ3v) is 6.55. The fourth-order valence-electron chi connectivity index (χ4n) is 4.54. The Morgan fingerprint density at radius 3 is 2.49 bits per heavy atom. The second-order valence-corrected chi connectivity index (χ2v) is 10.2. The summed E-state index contributed by atoms with van der Waals surface area (Å²) in [5, 5.41) is 7.21. The van der Waals surface area contributed by atoms with Gasteiger partial charge in [0, 0.05) is 64.2 Å². The molecule has 210 valence electrons. The van der Waals surface area contributed by atoms with Crippen molar-refractivity contribution in [1.82, 2.24) is 24.9 Å². The van der Waals surface area contributed by atoms with E-state index in [2.05, 4.69) is 57.6 Å². The highest BCUT2D eigenvalue weighted by Crippen LogP contribution is 2.33. The number of benzene rings is 1. The van der Waals surface area contributed by atoms with Gasteiger partial charge in [0.05, 0.1) is 17.4 Å². The molecule has 0 saturated carbocycles. The van der Waals surface area contributed by atoms with Gasteiger partial charge in [0.15, 0.2) is 5.65 Å². The van der Waals surface area contributed by atoms with Gasteiger partial charge in [-0.3, -0.25) is 4.98 Å². The van der Waals surface area contributed by atoms with Gasteiger partial charge >= 0.3 is 0 Å². The van der Waals surface area contributed by atoms with Gasteiger partial charge in [-0.05, 0) is 48.2 Å². The van der Waals surface area contributed by atoms with Gasteiger partial charge in [0.25, 0.3) is 0 Å². The van der Waals surface area contributed by atoms with Gasteiger partial charge in [-0.2, -0.15) is 0 Å². The zero-order chi connectivity index (χ0) is 29.5. The molecule has 5 aromatic rings. The van der Waals surface area contributed by atoms with E-state index in [0.29, 0.717) is 33.8 Å². The van der Waals surface area contributed by atoms with E-state index in [-0.39, 0.29) is 0 Å². The molecule has 7 nitrogen and oxygen atoms in total. The number of fused-ring (bicyclic) bond motifs is 1. The number of H-pyrrole nitrogens is 1. The van der Waals surface area contributed by atoms with Crippen LogP contribution in [0.2, 0.25) is 5.02 Å². The van der Waals surface area contributed by atoms with E-state index >= 15 is 0 Å². The molecule has 0 aliphatic heterocycles. The molecule has 0 saturated heterocycles. The lowest BCUT2D eigenvalue weighted by Gasteiger charge is -2.14. The maximum absolute atomic E-state index is 6.25. The topological polar surface area (TPSA) is 91.4 Å². The van der Waals surface area contributed by atoms with Crippen molar-refractivity contribution >= 4 is 39.8 Å². The van der Waals surface area contributed by atoms with Crippen LogP contribution < -0.4 is 10.6 Å². The molecule has 0 amide bonds. The molecule has 0 fully saturated rings. The number of nitrogens with zero attached hydrogens (tertiary/aromatic N) is 4. The second-order valence-electron chi connectivity index (χ2n) is 9.79. The fraction of sp³-hybridized carbons (Fsp3) is 0.212. The molecule has 0 aliphatic carbocycles. The molecular weight excluding hydrogens is 530 g/mol. The lowest BCUT2D eigenvalue weighted by molar-refractivity contribution is 0.645. The molecule has 3 N–H and O–H groups in total. The first kappa shape index (κ1) is 29.5. The molecule has 0 radical (unpaired) electrons. The number of rotatable bonds is 9. The minimum Gasteiger partial charge on any atom is -0.373 e. The standard InChI is InChI=1S/C31H30ClN7.C2H6/c1-18(2)11-19(3)37-25-13-22(15-34-17-25)23-14-27(30(33-5)36-16-23)20(4)29-38-28-26(9-10-35-31(28)39-29)21-7-6-8-24(32)12-21;1-2/h6-10,12-18,37H,3-4,11H2,1-2,5H3,(H,33,36)(H,35,38,39);1-2H3. The second kappa shape index (κ2) is 13.2. The monoisotopic (exact) mass is 565 g/mol. The van der Waals surface area contributed by atoms with Crippen molar-refractivity contribution in [1.29, 1.82) is 0 Å². The number of allylic oxidation sites excluding steroid dienone is 1. The van der Waals surface area contributed by atoms with Crippen molar-refractivity contribution in [2.45, 2.75) is 34.1 Å². The first-order valence-corrected chi connectivity index (χ1v) is 14.1. The maximum Gasteiger partial charge on any atom is 0.178 e. The predicted molar refractivity (Wildman–Crippen MR) is 173 cm³/mol. The van der Waals surface area contributed by atoms with E-state index < -0.39 is 0 Å². The Hall–Kier alpha value is -4.49. The van der Waals surface area contributed by atoms with Crippen LogP contribution in [-0.4, -0.2) is 32.0 Å². The van der Waals surface area contributed by atoms with E-state index in [4.69, 9.17) is 16.6 Å². The zero-order valence-corrected chi connectivity index (χ0v) is 25.0. The van der Waals surface area contributed by atoms with Crippen molar-refractivity contribution in [2.75, 3.05) is 17.7 Å². The van der Waals surface area contributed by atoms with Crippen LogP contribution in [0, 0.1) is 5.92 Å². The van der Waals surface area contributed by atoms with Gasteiger partial charge < -0.3 is 15.6 Å². The third kappa shape index (κ3) is 6.81. The fourth-order valence-corrected chi connectivity index (χ4v) is 4.73. The summed E-state index contributed by atoms with van der Waals surface area (Å²) in [4.78, 5) is 21.8. The number of aromatic amines is 1. The summed E-state index contributed by atoms with van der Waals surface area (Å²) < 4.78 is 0. The van der Waals surface area contributed by atoms with Gasteiger partial charge in [-0.1, -0.05) is 64.6 Å². The third-order valence-electron chi connectivity index (χ3n) is 6.31. The molecule has 0 atom stereocenters. The summed E-state index contributed by atoms with van der Waals surface area (Å²) >= 11 is 6.25. The molecular formula is C33H36ClN7. The molecule has 0 bridgehead atoms. The highest BCUT2D eigenvalue weighted by molar-refractivity contribution is 6.30. The molecule has 0 aliphatic rings. The Balaban J connectivity index is 0.00000189. The van der Waals surface area contributed by atoms with Crippen molar-refractivity contribution in [2.24, 2.45) is 5.92 Å². The lowest BCUT2D eigenvalue weighted by Crippen LogP contribution is -2.02. The van der Waals surface area contributed by atoms with Crippen LogP contribution in [0.4, 0.5) is 11.5 Å². The van der Waals surface area contributed by atoms with E-state index in [1.165, 1.54) is 0 Å². The van der Waals surface area contributed by atoms with Crippen molar-refractivity contribution in [3.63, 3.8) is 0 Å². The first-order chi connectivity index (χ1) is 19.8. The Morgan fingerprint density at radius 1 is 0.976 bits per heavy atom. The number of pyridine rings is 3. The van der Waals surface area contributed by atoms with Gasteiger partial charge in [0.1, 0.15) is 11.6 Å². The molecule has 1 aromatic carbocycles. The highest BCUT2D eigenvalue weighted by Gasteiger charge is 2.17. The van der Waals surface area contributed by atoms with Crippen LogP contribution in [0.5, 0.6) is 0 Å². The summed E-state index contributed by atoms with van der Waals surface area (Å²) in [6, 6.07) is 13.8. The average Bonchev–Trinajstić information content (AvgIpc) is 3.42.